The van der Waals surface area contributed by atoms with Crippen LogP contribution < -0.4 is 14.4 Å². The van der Waals surface area contributed by atoms with Gasteiger partial charge in [-0.2, -0.15) is 0 Å². The number of carbonyl (C=O) groups excluding carboxylic acids is 3. The number of methoxy groups -OCH3 is 1. The predicted molar refractivity (Wildman–Crippen MR) is 155 cm³/mol. The van der Waals surface area contributed by atoms with Crippen molar-refractivity contribution in [2.75, 3.05) is 18.6 Å². The Morgan fingerprint density at radius 1 is 1.20 bits per heavy atom. The van der Waals surface area contributed by atoms with E-state index in [4.69, 9.17) is 14.2 Å². The number of unbranched alkanes of at least 4 members (excludes halogenated alkanes) is 2. The largest absolute Gasteiger partial charge is 0.507 e. The van der Waals surface area contributed by atoms with Gasteiger partial charge in [-0.3, -0.25) is 14.5 Å². The zero-order chi connectivity index (χ0) is 29.3. The third-order valence-electron chi connectivity index (χ3n) is 7.17. The molecule has 9 nitrogen and oxygen atoms in total. The average molecular weight is 577 g/mol. The number of aryl methyl sites for hydroxylation is 1. The van der Waals surface area contributed by atoms with Gasteiger partial charge in [0.25, 0.3) is 5.78 Å². The summed E-state index contributed by atoms with van der Waals surface area (Å²) >= 11 is 0.958. The van der Waals surface area contributed by atoms with Crippen LogP contribution in [0.4, 0.5) is 5.13 Å². The molecule has 0 radical (unpaired) electrons. The van der Waals surface area contributed by atoms with E-state index in [9.17, 15) is 19.5 Å². The maximum atomic E-state index is 13.6. The summed E-state index contributed by atoms with van der Waals surface area (Å²) in [5.74, 6) is -1.27. The molecular formula is C31H32N2O7S. The topological polar surface area (TPSA) is 115 Å². The van der Waals surface area contributed by atoms with Crippen molar-refractivity contribution in [2.45, 2.75) is 58.6 Å². The van der Waals surface area contributed by atoms with Crippen LogP contribution in [0.1, 0.15) is 71.2 Å². The molecule has 10 heteroatoms. The molecule has 0 spiro atoms. The molecule has 1 saturated heterocycles. The third kappa shape index (κ3) is 5.44. The lowest BCUT2D eigenvalue weighted by atomic mass is 9.94. The van der Waals surface area contributed by atoms with Gasteiger partial charge in [0.2, 0.25) is 0 Å². The first kappa shape index (κ1) is 28.4. The van der Waals surface area contributed by atoms with Crippen molar-refractivity contribution in [2.24, 2.45) is 0 Å². The third-order valence-corrected chi connectivity index (χ3v) is 8.30. The highest BCUT2D eigenvalue weighted by atomic mass is 32.1. The highest BCUT2D eigenvalue weighted by Crippen LogP contribution is 2.45. The van der Waals surface area contributed by atoms with Gasteiger partial charge in [-0.25, -0.2) is 9.78 Å². The van der Waals surface area contributed by atoms with E-state index in [2.05, 4.69) is 11.9 Å². The van der Waals surface area contributed by atoms with Crippen molar-refractivity contribution < 1.29 is 33.7 Å². The number of aromatic nitrogens is 1. The molecule has 0 aliphatic carbocycles. The second kappa shape index (κ2) is 11.7. The summed E-state index contributed by atoms with van der Waals surface area (Å²) in [5.41, 5.74) is 2.18. The SMILES string of the molecule is CCCCCOc1cccc([C@@H]2C(=C(O)c3ccc4c(c3)C[C@H](C)O4)C(=O)C(=O)N2c2nc(C)c(C(=O)OC)s2)c1. The predicted octanol–water partition coefficient (Wildman–Crippen LogP) is 5.76. The van der Waals surface area contributed by atoms with Crippen LogP contribution in [0.15, 0.2) is 48.0 Å². The van der Waals surface area contributed by atoms with Crippen LogP contribution >= 0.6 is 11.3 Å². The van der Waals surface area contributed by atoms with E-state index in [1.165, 1.54) is 12.0 Å². The Bertz CT molecular complexity index is 1540. The van der Waals surface area contributed by atoms with Gasteiger partial charge >= 0.3 is 11.9 Å². The number of rotatable bonds is 9. The van der Waals surface area contributed by atoms with Gasteiger partial charge in [0, 0.05) is 12.0 Å². The Morgan fingerprint density at radius 3 is 2.76 bits per heavy atom. The summed E-state index contributed by atoms with van der Waals surface area (Å²) in [7, 11) is 1.27. The van der Waals surface area contributed by atoms with Gasteiger partial charge in [0.1, 0.15) is 28.2 Å². The molecule has 3 aromatic rings. The standard InChI is InChI=1S/C31H32N2O7S/c1-5-6-7-13-39-22-10-8-9-19(16-22)25-24(26(34)20-11-12-23-21(15-20)14-17(2)40-23)27(35)29(36)33(25)31-32-18(3)28(41-31)30(37)38-4/h8-12,15-17,25,34H,5-7,13-14H2,1-4H3/t17-,25+/m0/s1. The van der Waals surface area contributed by atoms with Crippen molar-refractivity contribution in [3.05, 3.63) is 75.3 Å². The molecule has 1 fully saturated rings. The van der Waals surface area contributed by atoms with Gasteiger partial charge in [-0.1, -0.05) is 43.2 Å². The van der Waals surface area contributed by atoms with E-state index in [1.807, 2.05) is 13.0 Å². The molecule has 0 bridgehead atoms. The van der Waals surface area contributed by atoms with Crippen LogP contribution in [0.25, 0.3) is 5.76 Å². The summed E-state index contributed by atoms with van der Waals surface area (Å²) in [6.07, 6.45) is 3.67. The van der Waals surface area contributed by atoms with Gasteiger partial charge in [0.05, 0.1) is 31.0 Å². The smallest absolute Gasteiger partial charge is 0.350 e. The maximum Gasteiger partial charge on any atom is 0.350 e. The highest BCUT2D eigenvalue weighted by Gasteiger charge is 2.48. The van der Waals surface area contributed by atoms with E-state index in [0.29, 0.717) is 35.6 Å². The van der Waals surface area contributed by atoms with E-state index in [1.54, 1.807) is 43.3 Å². The number of anilines is 1. The number of hydrogen-bond acceptors (Lipinski definition) is 9. The summed E-state index contributed by atoms with van der Waals surface area (Å²) in [5, 5.41) is 11.7. The minimum Gasteiger partial charge on any atom is -0.507 e. The molecule has 41 heavy (non-hydrogen) atoms. The molecule has 2 aromatic carbocycles. The van der Waals surface area contributed by atoms with Crippen molar-refractivity contribution in [1.82, 2.24) is 4.98 Å². The number of Topliss-reactive ketones (excluding diaryl/α,β-unsaturated/α-hetero) is 1. The fourth-order valence-electron chi connectivity index (χ4n) is 5.15. The molecule has 0 saturated carbocycles. The lowest BCUT2D eigenvalue weighted by Crippen LogP contribution is -2.29. The van der Waals surface area contributed by atoms with Crippen LogP contribution in [-0.4, -0.2) is 47.6 Å². The van der Waals surface area contributed by atoms with Crippen molar-refractivity contribution >= 4 is 39.9 Å². The fourth-order valence-corrected chi connectivity index (χ4v) is 6.17. The van der Waals surface area contributed by atoms with Crippen LogP contribution in [-0.2, 0) is 20.7 Å². The fraction of sp³-hybridized carbons (Fsp3) is 0.355. The summed E-state index contributed by atoms with van der Waals surface area (Å²) < 4.78 is 16.6. The first-order chi connectivity index (χ1) is 19.7. The molecule has 1 aromatic heterocycles. The zero-order valence-corrected chi connectivity index (χ0v) is 24.2. The van der Waals surface area contributed by atoms with E-state index in [0.717, 1.165) is 41.9 Å². The summed E-state index contributed by atoms with van der Waals surface area (Å²) in [4.78, 5) is 45.4. The first-order valence-corrected chi connectivity index (χ1v) is 14.4. The Kier molecular flexibility index (Phi) is 8.12. The summed E-state index contributed by atoms with van der Waals surface area (Å²) in [6, 6.07) is 11.3. The molecule has 2 aliphatic rings. The Hall–Kier alpha value is -4.18. The number of aliphatic hydroxyl groups is 1. The normalized spacial score (nSPS) is 19.3. The van der Waals surface area contributed by atoms with Crippen molar-refractivity contribution in [1.29, 1.82) is 0 Å². The minimum absolute atomic E-state index is 0.00481. The van der Waals surface area contributed by atoms with E-state index >= 15 is 0 Å². The van der Waals surface area contributed by atoms with Crippen LogP contribution in [0.5, 0.6) is 11.5 Å². The minimum atomic E-state index is -1.01. The number of ether oxygens (including phenoxy) is 3. The van der Waals surface area contributed by atoms with Gasteiger partial charge in [-0.05, 0) is 61.7 Å². The second-order valence-corrected chi connectivity index (χ2v) is 11.1. The number of nitrogens with zero attached hydrogens (tertiary/aromatic N) is 2. The lowest BCUT2D eigenvalue weighted by Gasteiger charge is -2.23. The molecule has 0 unspecified atom stereocenters. The molecule has 1 N–H and O–H groups in total. The molecule has 3 heterocycles. The van der Waals surface area contributed by atoms with Gasteiger partial charge < -0.3 is 19.3 Å². The number of aliphatic hydroxyl groups excluding tert-OH is 1. The molecule has 2 atom stereocenters. The van der Waals surface area contributed by atoms with Gasteiger partial charge in [-0.15, -0.1) is 0 Å². The van der Waals surface area contributed by atoms with Crippen molar-refractivity contribution in [3.63, 3.8) is 0 Å². The number of amides is 1. The Labute approximate surface area is 242 Å². The number of esters is 1. The Morgan fingerprint density at radius 2 is 2.00 bits per heavy atom. The van der Waals surface area contributed by atoms with Gasteiger partial charge in [0.15, 0.2) is 5.13 Å². The molecular weight excluding hydrogens is 544 g/mol. The number of thiazole rings is 1. The number of ketones is 1. The zero-order valence-electron chi connectivity index (χ0n) is 23.4. The maximum absolute atomic E-state index is 13.6. The quantitative estimate of drug-likeness (QED) is 0.112. The summed E-state index contributed by atoms with van der Waals surface area (Å²) in [6.45, 7) is 6.24. The van der Waals surface area contributed by atoms with Crippen LogP contribution in [0.3, 0.4) is 0 Å². The lowest BCUT2D eigenvalue weighted by molar-refractivity contribution is -0.132. The molecule has 2 aliphatic heterocycles. The highest BCUT2D eigenvalue weighted by molar-refractivity contribution is 7.17. The first-order valence-electron chi connectivity index (χ1n) is 13.6. The van der Waals surface area contributed by atoms with E-state index in [-0.39, 0.29) is 27.4 Å². The molecule has 1 amide bonds. The van der Waals surface area contributed by atoms with E-state index < -0.39 is 23.7 Å². The monoisotopic (exact) mass is 576 g/mol. The van der Waals surface area contributed by atoms with Crippen molar-refractivity contribution in [3.8, 4) is 11.5 Å². The number of benzene rings is 2. The Balaban J connectivity index is 1.63. The number of hydrogen-bond donors (Lipinski definition) is 1. The second-order valence-electron chi connectivity index (χ2n) is 10.2. The van der Waals surface area contributed by atoms with Crippen LogP contribution in [0, 0.1) is 6.92 Å². The number of fused-ring (bicyclic) bond motifs is 1. The van der Waals surface area contributed by atoms with Crippen LogP contribution in [0.2, 0.25) is 0 Å². The average Bonchev–Trinajstić information content (AvgIpc) is 3.62. The number of carbonyl (C=O) groups is 3. The molecule has 214 valence electrons. The molecule has 5 rings (SSSR count).